The number of hydrogen-bond acceptors (Lipinski definition) is 8. The van der Waals surface area contributed by atoms with Gasteiger partial charge >= 0.3 is 0 Å². The van der Waals surface area contributed by atoms with Crippen LogP contribution in [0.15, 0.2) is 41.0 Å². The molecule has 0 amide bonds. The third-order valence-corrected chi connectivity index (χ3v) is 4.53. The largest absolute Gasteiger partial charge is 0.418 e. The van der Waals surface area contributed by atoms with Crippen LogP contribution in [0.5, 0.6) is 11.8 Å². The second-order valence-corrected chi connectivity index (χ2v) is 6.74. The van der Waals surface area contributed by atoms with E-state index in [1.807, 2.05) is 12.1 Å². The fourth-order valence-electron chi connectivity index (χ4n) is 2.66. The molecule has 3 heterocycles. The van der Waals surface area contributed by atoms with Gasteiger partial charge in [0.15, 0.2) is 0 Å². The molecule has 0 spiro atoms. The summed E-state index contributed by atoms with van der Waals surface area (Å²) in [5, 5.41) is 9.72. The molecular weight excluding hydrogens is 414 g/mol. The third-order valence-electron chi connectivity index (χ3n) is 3.99. The fraction of sp³-hybridized carbons (Fsp3) is 0.235. The van der Waals surface area contributed by atoms with Crippen LogP contribution in [-0.4, -0.2) is 46.5 Å². The van der Waals surface area contributed by atoms with Gasteiger partial charge in [-0.2, -0.15) is 4.98 Å². The van der Waals surface area contributed by atoms with E-state index in [2.05, 4.69) is 58.4 Å². The highest BCUT2D eigenvalue weighted by Gasteiger charge is 2.12. The number of aromatic amines is 1. The number of aromatic nitrogens is 4. The molecule has 0 aliphatic carbocycles. The van der Waals surface area contributed by atoms with Crippen LogP contribution in [0.2, 0.25) is 0 Å². The lowest BCUT2D eigenvalue weighted by atomic mass is 10.2. The molecule has 140 valence electrons. The van der Waals surface area contributed by atoms with E-state index in [0.717, 1.165) is 32.0 Å². The van der Waals surface area contributed by atoms with E-state index in [0.29, 0.717) is 28.0 Å². The number of benzene rings is 1. The number of rotatable bonds is 5. The number of hydrogen-bond donors (Lipinski definition) is 3. The summed E-state index contributed by atoms with van der Waals surface area (Å²) in [4.78, 5) is 10.9. The number of nitrogens with one attached hydrogen (secondary N) is 2. The minimum Gasteiger partial charge on any atom is -0.418 e. The van der Waals surface area contributed by atoms with Crippen LogP contribution >= 0.6 is 15.9 Å². The Labute approximate surface area is 164 Å². The first kappa shape index (κ1) is 17.6. The number of morpholine rings is 1. The molecule has 1 fully saturated rings. The first-order valence-corrected chi connectivity index (χ1v) is 9.18. The molecule has 0 bridgehead atoms. The summed E-state index contributed by atoms with van der Waals surface area (Å²) in [6.07, 6.45) is 1.61. The van der Waals surface area contributed by atoms with Crippen molar-refractivity contribution in [1.82, 2.24) is 20.2 Å². The summed E-state index contributed by atoms with van der Waals surface area (Å²) in [5.74, 6) is 1.49. The van der Waals surface area contributed by atoms with Crippen LogP contribution in [0.1, 0.15) is 0 Å². The van der Waals surface area contributed by atoms with Crippen LogP contribution in [-0.2, 0) is 4.74 Å². The van der Waals surface area contributed by atoms with E-state index in [1.54, 1.807) is 12.3 Å². The molecule has 4 N–H and O–H groups in total. The molecule has 1 aliphatic heterocycles. The Morgan fingerprint density at radius 3 is 2.70 bits per heavy atom. The van der Waals surface area contributed by atoms with Gasteiger partial charge in [-0.1, -0.05) is 0 Å². The smallest absolute Gasteiger partial charge is 0.242 e. The van der Waals surface area contributed by atoms with E-state index < -0.39 is 0 Å². The zero-order valence-corrected chi connectivity index (χ0v) is 15.9. The number of nitrogens with zero attached hydrogens (tertiary/aromatic N) is 4. The van der Waals surface area contributed by atoms with E-state index in [-0.39, 0.29) is 0 Å². The standard InChI is InChI=1S/C17H18BrN7O2/c18-13-10-20-17(22-16(13)27-15-9-14(19)23-24-15)21-11-1-3-12(4-2-11)25-5-7-26-8-6-25/h1-4,9-10H,5-8H2,(H3,19,23,24)(H,20,21,22). The topological polar surface area (TPSA) is 114 Å². The molecule has 1 aromatic carbocycles. The second kappa shape index (κ2) is 7.80. The number of ether oxygens (including phenoxy) is 2. The first-order chi connectivity index (χ1) is 13.2. The summed E-state index contributed by atoms with van der Waals surface area (Å²) in [7, 11) is 0. The van der Waals surface area contributed by atoms with Crippen molar-refractivity contribution in [1.29, 1.82) is 0 Å². The highest BCUT2D eigenvalue weighted by atomic mass is 79.9. The van der Waals surface area contributed by atoms with Gasteiger partial charge in [-0.15, -0.1) is 5.10 Å². The highest BCUT2D eigenvalue weighted by molar-refractivity contribution is 9.10. The van der Waals surface area contributed by atoms with Gasteiger partial charge in [0.2, 0.25) is 17.7 Å². The number of halogens is 1. The van der Waals surface area contributed by atoms with Crippen LogP contribution in [0, 0.1) is 0 Å². The van der Waals surface area contributed by atoms with Crippen molar-refractivity contribution in [3.8, 4) is 11.8 Å². The van der Waals surface area contributed by atoms with Crippen molar-refractivity contribution >= 4 is 39.1 Å². The summed E-state index contributed by atoms with van der Waals surface area (Å²) in [5.41, 5.74) is 7.65. The highest BCUT2D eigenvalue weighted by Crippen LogP contribution is 2.28. The number of nitrogen functional groups attached to an aromatic ring is 1. The minimum absolute atomic E-state index is 0.327. The predicted octanol–water partition coefficient (Wildman–Crippen LogP) is 2.92. The van der Waals surface area contributed by atoms with Gasteiger partial charge in [-0.05, 0) is 40.2 Å². The zero-order chi connectivity index (χ0) is 18.6. The molecule has 0 radical (unpaired) electrons. The molecule has 4 rings (SSSR count). The Morgan fingerprint density at radius 2 is 2.00 bits per heavy atom. The molecule has 27 heavy (non-hydrogen) atoms. The molecule has 1 aliphatic rings. The maximum absolute atomic E-state index is 5.63. The first-order valence-electron chi connectivity index (χ1n) is 8.38. The van der Waals surface area contributed by atoms with Crippen LogP contribution < -0.4 is 20.7 Å². The van der Waals surface area contributed by atoms with Crippen molar-refractivity contribution in [2.75, 3.05) is 42.3 Å². The summed E-state index contributed by atoms with van der Waals surface area (Å²) >= 11 is 3.37. The fourth-order valence-corrected chi connectivity index (χ4v) is 2.93. The van der Waals surface area contributed by atoms with Gasteiger partial charge in [0.05, 0.1) is 23.9 Å². The molecule has 1 saturated heterocycles. The lowest BCUT2D eigenvalue weighted by Crippen LogP contribution is -2.36. The average molecular weight is 432 g/mol. The van der Waals surface area contributed by atoms with Crippen molar-refractivity contribution in [2.45, 2.75) is 0 Å². The zero-order valence-electron chi connectivity index (χ0n) is 14.4. The van der Waals surface area contributed by atoms with Gasteiger partial charge in [-0.3, -0.25) is 5.10 Å². The average Bonchev–Trinajstić information content (AvgIpc) is 3.10. The molecule has 0 unspecified atom stereocenters. The predicted molar refractivity (Wildman–Crippen MR) is 106 cm³/mol. The van der Waals surface area contributed by atoms with Crippen molar-refractivity contribution in [2.24, 2.45) is 0 Å². The Morgan fingerprint density at radius 1 is 1.22 bits per heavy atom. The van der Waals surface area contributed by atoms with Crippen LogP contribution in [0.25, 0.3) is 0 Å². The van der Waals surface area contributed by atoms with Gasteiger partial charge < -0.3 is 25.4 Å². The summed E-state index contributed by atoms with van der Waals surface area (Å²) in [6, 6.07) is 9.69. The third kappa shape index (κ3) is 4.29. The van der Waals surface area contributed by atoms with E-state index in [9.17, 15) is 0 Å². The summed E-state index contributed by atoms with van der Waals surface area (Å²) < 4.78 is 11.6. The van der Waals surface area contributed by atoms with Crippen molar-refractivity contribution in [3.63, 3.8) is 0 Å². The van der Waals surface area contributed by atoms with Crippen LogP contribution in [0.3, 0.4) is 0 Å². The monoisotopic (exact) mass is 431 g/mol. The molecule has 10 heteroatoms. The second-order valence-electron chi connectivity index (χ2n) is 5.88. The Bertz CT molecular complexity index is 910. The van der Waals surface area contributed by atoms with Gasteiger partial charge in [-0.25, -0.2) is 4.98 Å². The Kier molecular flexibility index (Phi) is 5.07. The number of nitrogens with two attached hydrogens (primary N) is 1. The summed E-state index contributed by atoms with van der Waals surface area (Å²) in [6.45, 7) is 3.33. The molecule has 3 aromatic rings. The van der Waals surface area contributed by atoms with E-state index in [1.165, 1.54) is 5.69 Å². The maximum Gasteiger partial charge on any atom is 0.242 e. The molecular formula is C17H18BrN7O2. The normalized spacial score (nSPS) is 14.2. The van der Waals surface area contributed by atoms with E-state index >= 15 is 0 Å². The SMILES string of the molecule is Nc1cc(Oc2nc(Nc3ccc(N4CCOCC4)cc3)ncc2Br)n[nH]1. The van der Waals surface area contributed by atoms with Crippen molar-refractivity contribution in [3.05, 3.63) is 41.0 Å². The number of H-pyrrole nitrogens is 1. The quantitative estimate of drug-likeness (QED) is 0.564. The van der Waals surface area contributed by atoms with Gasteiger partial charge in [0.25, 0.3) is 0 Å². The number of anilines is 4. The van der Waals surface area contributed by atoms with E-state index in [4.69, 9.17) is 15.2 Å². The van der Waals surface area contributed by atoms with Crippen molar-refractivity contribution < 1.29 is 9.47 Å². The molecule has 2 aromatic heterocycles. The maximum atomic E-state index is 5.63. The lowest BCUT2D eigenvalue weighted by Gasteiger charge is -2.28. The Balaban J connectivity index is 1.46. The van der Waals surface area contributed by atoms with Gasteiger partial charge in [0.1, 0.15) is 5.82 Å². The molecule has 0 saturated carbocycles. The van der Waals surface area contributed by atoms with Gasteiger partial charge in [0, 0.05) is 30.5 Å². The minimum atomic E-state index is 0.327. The molecule has 9 nitrogen and oxygen atoms in total. The van der Waals surface area contributed by atoms with Crippen LogP contribution in [0.4, 0.5) is 23.1 Å². The molecule has 0 atom stereocenters. The lowest BCUT2D eigenvalue weighted by molar-refractivity contribution is 0.122. The Hall–Kier alpha value is -2.85.